The number of hydrogen-bond acceptors (Lipinski definition) is 6. The Hall–Kier alpha value is -0.560. The average molecular weight is 390 g/mol. The Kier molecular flexibility index (Phi) is 4.25. The van der Waals surface area contributed by atoms with Crippen LogP contribution in [0.4, 0.5) is 9.18 Å². The summed E-state index contributed by atoms with van der Waals surface area (Å²) >= 11 is 1.54. The summed E-state index contributed by atoms with van der Waals surface area (Å²) in [5, 5.41) is 30.1. The zero-order valence-electron chi connectivity index (χ0n) is 9.44. The maximum absolute atomic E-state index is 13.6. The Bertz CT molecular complexity index is 399. The van der Waals surface area contributed by atoms with Gasteiger partial charge in [0.25, 0.3) is 5.91 Å². The van der Waals surface area contributed by atoms with Gasteiger partial charge in [0.15, 0.2) is 6.23 Å². The zero-order chi connectivity index (χ0) is 14.3. The van der Waals surface area contributed by atoms with Gasteiger partial charge in [-0.05, 0) is 0 Å². The molecule has 0 aromatic heterocycles. The SMILES string of the molecule is O=C1NC(=O)N(C2OC(CO)C(O)C2O)C(I)C1F. The normalized spacial score (nSPS) is 43.5. The van der Waals surface area contributed by atoms with Crippen LogP contribution in [0.15, 0.2) is 0 Å². The minimum Gasteiger partial charge on any atom is -0.394 e. The van der Waals surface area contributed by atoms with Crippen LogP contribution in [0.5, 0.6) is 0 Å². The van der Waals surface area contributed by atoms with Crippen molar-refractivity contribution in [1.29, 1.82) is 0 Å². The van der Waals surface area contributed by atoms with Crippen LogP contribution in [0.2, 0.25) is 0 Å². The number of aliphatic hydroxyl groups is 3. The molecule has 0 aromatic rings. The first-order chi connectivity index (χ1) is 8.88. The fraction of sp³-hybridized carbons (Fsp3) is 0.778. The van der Waals surface area contributed by atoms with E-state index in [-0.39, 0.29) is 0 Å². The van der Waals surface area contributed by atoms with Crippen LogP contribution in [-0.2, 0) is 9.53 Å². The molecule has 6 unspecified atom stereocenters. The van der Waals surface area contributed by atoms with E-state index in [2.05, 4.69) is 0 Å². The van der Waals surface area contributed by atoms with Gasteiger partial charge in [-0.1, -0.05) is 22.6 Å². The molecule has 8 nitrogen and oxygen atoms in total. The smallest absolute Gasteiger partial charge is 0.327 e. The lowest BCUT2D eigenvalue weighted by atomic mass is 10.1. The van der Waals surface area contributed by atoms with Crippen LogP contribution >= 0.6 is 22.6 Å². The Labute approximate surface area is 120 Å². The maximum atomic E-state index is 13.6. The van der Waals surface area contributed by atoms with E-state index in [0.29, 0.717) is 0 Å². The van der Waals surface area contributed by atoms with Crippen LogP contribution in [-0.4, -0.2) is 73.5 Å². The van der Waals surface area contributed by atoms with Crippen LogP contribution in [0.25, 0.3) is 0 Å². The summed E-state index contributed by atoms with van der Waals surface area (Å²) in [4.78, 5) is 23.6. The quantitative estimate of drug-likeness (QED) is 0.248. The van der Waals surface area contributed by atoms with Crippen molar-refractivity contribution in [3.05, 3.63) is 0 Å². The van der Waals surface area contributed by atoms with Crippen molar-refractivity contribution in [2.45, 2.75) is 34.8 Å². The molecule has 0 bridgehead atoms. The van der Waals surface area contributed by atoms with Crippen molar-refractivity contribution in [2.24, 2.45) is 0 Å². The second kappa shape index (κ2) is 5.44. The molecule has 0 radical (unpaired) electrons. The number of hydrogen-bond donors (Lipinski definition) is 4. The molecule has 10 heteroatoms. The number of nitrogens with zero attached hydrogens (tertiary/aromatic N) is 1. The van der Waals surface area contributed by atoms with Crippen molar-refractivity contribution in [2.75, 3.05) is 6.61 Å². The summed E-state index contributed by atoms with van der Waals surface area (Å²) in [6.45, 7) is -0.561. The number of ether oxygens (including phenoxy) is 1. The van der Waals surface area contributed by atoms with Crippen LogP contribution in [0.3, 0.4) is 0 Å². The van der Waals surface area contributed by atoms with Crippen molar-refractivity contribution < 1.29 is 34.0 Å². The van der Waals surface area contributed by atoms with Crippen LogP contribution < -0.4 is 5.32 Å². The Morgan fingerprint density at radius 3 is 2.53 bits per heavy atom. The van der Waals surface area contributed by atoms with Gasteiger partial charge in [0.1, 0.15) is 22.4 Å². The number of halogens is 2. The van der Waals surface area contributed by atoms with Crippen molar-refractivity contribution in [1.82, 2.24) is 10.2 Å². The van der Waals surface area contributed by atoms with Gasteiger partial charge in [0, 0.05) is 0 Å². The van der Waals surface area contributed by atoms with Gasteiger partial charge in [0.2, 0.25) is 6.17 Å². The predicted octanol–water partition coefficient (Wildman–Crippen LogP) is -1.92. The van der Waals surface area contributed by atoms with Gasteiger partial charge in [-0.3, -0.25) is 15.0 Å². The van der Waals surface area contributed by atoms with Crippen molar-refractivity contribution >= 4 is 34.5 Å². The summed E-state index contributed by atoms with van der Waals surface area (Å²) in [5.41, 5.74) is 0. The second-order valence-corrected chi connectivity index (χ2v) is 5.48. The summed E-state index contributed by atoms with van der Waals surface area (Å²) in [6.07, 6.45) is -7.28. The summed E-state index contributed by atoms with van der Waals surface area (Å²) in [5.74, 6) is -1.06. The lowest BCUT2D eigenvalue weighted by molar-refractivity contribution is -0.133. The van der Waals surface area contributed by atoms with E-state index in [9.17, 15) is 24.2 Å². The topological polar surface area (TPSA) is 119 Å². The number of urea groups is 1. The highest BCUT2D eigenvalue weighted by Crippen LogP contribution is 2.30. The van der Waals surface area contributed by atoms with E-state index >= 15 is 0 Å². The number of amides is 3. The van der Waals surface area contributed by atoms with Gasteiger partial charge < -0.3 is 20.1 Å². The van der Waals surface area contributed by atoms with Gasteiger partial charge in [-0.2, -0.15) is 0 Å². The molecule has 0 saturated carbocycles. The molecule has 19 heavy (non-hydrogen) atoms. The Morgan fingerprint density at radius 2 is 2.00 bits per heavy atom. The second-order valence-electron chi connectivity index (χ2n) is 4.20. The average Bonchev–Trinajstić information content (AvgIpc) is 2.64. The van der Waals surface area contributed by atoms with Crippen LogP contribution in [0.1, 0.15) is 0 Å². The van der Waals surface area contributed by atoms with Crippen molar-refractivity contribution in [3.8, 4) is 0 Å². The number of imide groups is 1. The summed E-state index contributed by atoms with van der Waals surface area (Å²) in [6, 6.07) is -0.923. The van der Waals surface area contributed by atoms with E-state index in [1.165, 1.54) is 22.6 Å². The third-order valence-corrected chi connectivity index (χ3v) is 4.25. The molecular formula is C9H12FIN2O6. The molecule has 2 aliphatic heterocycles. The number of carbonyl (C=O) groups excluding carboxylic acids is 2. The minimum absolute atomic E-state index is 0.561. The molecule has 2 heterocycles. The number of carbonyl (C=O) groups is 2. The van der Waals surface area contributed by atoms with Crippen molar-refractivity contribution in [3.63, 3.8) is 0 Å². The fourth-order valence-corrected chi connectivity index (χ4v) is 2.88. The molecule has 0 spiro atoms. The number of alkyl halides is 2. The number of nitrogens with one attached hydrogen (secondary N) is 1. The third-order valence-electron chi connectivity index (χ3n) is 3.01. The first kappa shape index (κ1) is 14.8. The molecule has 0 aromatic carbocycles. The molecule has 6 atom stereocenters. The summed E-state index contributed by atoms with van der Waals surface area (Å²) < 4.78 is 17.5. The molecule has 2 aliphatic rings. The Morgan fingerprint density at radius 1 is 1.37 bits per heavy atom. The highest BCUT2D eigenvalue weighted by Gasteiger charge is 2.52. The lowest BCUT2D eigenvalue weighted by Gasteiger charge is -2.38. The minimum atomic E-state index is -1.97. The highest BCUT2D eigenvalue weighted by molar-refractivity contribution is 14.1. The van der Waals surface area contributed by atoms with Gasteiger partial charge in [-0.25, -0.2) is 9.18 Å². The first-order valence-electron chi connectivity index (χ1n) is 5.42. The molecule has 3 amide bonds. The number of aliphatic hydroxyl groups excluding tert-OH is 3. The molecule has 108 valence electrons. The number of rotatable bonds is 2. The fourth-order valence-electron chi connectivity index (χ4n) is 1.98. The zero-order valence-corrected chi connectivity index (χ0v) is 11.6. The monoisotopic (exact) mass is 390 g/mol. The van der Waals surface area contributed by atoms with E-state index in [1.807, 2.05) is 0 Å². The standard InChI is InChI=1S/C9H12FIN2O6/c10-3-6(11)13(9(18)12-7(3)17)8-5(16)4(15)2(1-14)19-8/h2-6,8,14-16H,1H2,(H,12,17,18). The van der Waals surface area contributed by atoms with Gasteiger partial charge >= 0.3 is 6.03 Å². The summed E-state index contributed by atoms with van der Waals surface area (Å²) in [7, 11) is 0. The lowest BCUT2D eigenvalue weighted by Crippen LogP contribution is -2.64. The maximum Gasteiger partial charge on any atom is 0.327 e. The molecule has 2 rings (SSSR count). The molecule has 2 fully saturated rings. The largest absolute Gasteiger partial charge is 0.394 e. The van der Waals surface area contributed by atoms with E-state index in [1.54, 1.807) is 5.32 Å². The highest BCUT2D eigenvalue weighted by atomic mass is 127. The molecule has 2 saturated heterocycles. The van der Waals surface area contributed by atoms with Crippen LogP contribution in [0, 0.1) is 0 Å². The van der Waals surface area contributed by atoms with Gasteiger partial charge in [0.05, 0.1) is 6.61 Å². The third kappa shape index (κ3) is 2.42. The predicted molar refractivity (Wildman–Crippen MR) is 65.8 cm³/mol. The Balaban J connectivity index is 2.21. The van der Waals surface area contributed by atoms with E-state index in [0.717, 1.165) is 4.90 Å². The van der Waals surface area contributed by atoms with Gasteiger partial charge in [-0.15, -0.1) is 0 Å². The molecule has 4 N–H and O–H groups in total. The molecule has 0 aliphatic carbocycles. The van der Waals surface area contributed by atoms with E-state index < -0.39 is 53.3 Å². The van der Waals surface area contributed by atoms with E-state index in [4.69, 9.17) is 9.84 Å². The molecular weight excluding hydrogens is 378 g/mol. The first-order valence-corrected chi connectivity index (χ1v) is 6.66.